The fourth-order valence-corrected chi connectivity index (χ4v) is 2.58. The Bertz CT molecular complexity index is 428. The molecule has 5 nitrogen and oxygen atoms in total. The third-order valence-corrected chi connectivity index (χ3v) is 3.42. The molecule has 0 aliphatic carbocycles. The van der Waals surface area contributed by atoms with Gasteiger partial charge in [-0.1, -0.05) is 0 Å². The Morgan fingerprint density at radius 1 is 1.35 bits per heavy atom. The number of nitrogens with zero attached hydrogens (tertiary/aromatic N) is 2. The third-order valence-electron chi connectivity index (χ3n) is 3.42. The molecule has 2 aliphatic heterocycles. The van der Waals surface area contributed by atoms with Crippen molar-refractivity contribution in [1.82, 2.24) is 10.3 Å². The van der Waals surface area contributed by atoms with Crippen LogP contribution in [0.5, 0.6) is 0 Å². The molecule has 1 aromatic heterocycles. The van der Waals surface area contributed by atoms with E-state index in [1.807, 2.05) is 12.1 Å². The molecule has 5 heteroatoms. The van der Waals surface area contributed by atoms with Crippen LogP contribution in [0.15, 0.2) is 18.3 Å². The van der Waals surface area contributed by atoms with Gasteiger partial charge in [-0.3, -0.25) is 4.79 Å². The van der Waals surface area contributed by atoms with Gasteiger partial charge in [0, 0.05) is 12.2 Å². The van der Waals surface area contributed by atoms with Gasteiger partial charge in [0.2, 0.25) is 5.91 Å². The van der Waals surface area contributed by atoms with Gasteiger partial charge in [0.15, 0.2) is 5.82 Å². The van der Waals surface area contributed by atoms with Gasteiger partial charge in [0.05, 0.1) is 12.2 Å². The van der Waals surface area contributed by atoms with Gasteiger partial charge >= 0.3 is 0 Å². The average Bonchev–Trinajstić information content (AvgIpc) is 2.39. The monoisotopic (exact) mass is 232 g/mol. The molecule has 0 radical (unpaired) electrons. The number of carbonyl (C=O) groups excluding carboxylic acids is 1. The van der Waals surface area contributed by atoms with E-state index < -0.39 is 0 Å². The molecule has 2 N–H and O–H groups in total. The highest BCUT2D eigenvalue weighted by Gasteiger charge is 2.29. The van der Waals surface area contributed by atoms with Gasteiger partial charge in [-0.25, -0.2) is 4.98 Å². The van der Waals surface area contributed by atoms with E-state index in [-0.39, 0.29) is 5.91 Å². The van der Waals surface area contributed by atoms with Crippen LogP contribution >= 0.6 is 0 Å². The SMILES string of the molecule is O=C1CN(C2CCNCC2)c2cccnc2N1. The van der Waals surface area contributed by atoms with Crippen LogP contribution in [-0.2, 0) is 4.79 Å². The number of carbonyl (C=O) groups is 1. The van der Waals surface area contributed by atoms with Crippen molar-refractivity contribution < 1.29 is 4.79 Å². The number of pyridine rings is 1. The topological polar surface area (TPSA) is 57.3 Å². The van der Waals surface area contributed by atoms with Gasteiger partial charge in [0.25, 0.3) is 0 Å². The highest BCUT2D eigenvalue weighted by molar-refractivity contribution is 5.99. The maximum atomic E-state index is 11.7. The lowest BCUT2D eigenvalue weighted by molar-refractivity contribution is -0.115. The lowest BCUT2D eigenvalue weighted by Crippen LogP contribution is -2.48. The normalized spacial score (nSPS) is 20.9. The fourth-order valence-electron chi connectivity index (χ4n) is 2.58. The van der Waals surface area contributed by atoms with Crippen LogP contribution in [-0.4, -0.2) is 36.6 Å². The standard InChI is InChI=1S/C12H16N4O/c17-11-8-16(9-3-6-13-7-4-9)10-2-1-5-14-12(10)15-11/h1-2,5,9,13H,3-4,6-8H2,(H,14,15,17). The van der Waals surface area contributed by atoms with E-state index in [1.165, 1.54) is 0 Å². The molecule has 90 valence electrons. The zero-order valence-electron chi connectivity index (χ0n) is 9.65. The number of rotatable bonds is 1. The lowest BCUT2D eigenvalue weighted by Gasteiger charge is -2.38. The molecule has 1 aromatic rings. The minimum Gasteiger partial charge on any atom is -0.356 e. The fraction of sp³-hybridized carbons (Fsp3) is 0.500. The molecule has 3 heterocycles. The van der Waals surface area contributed by atoms with E-state index in [0.717, 1.165) is 31.6 Å². The number of piperidine rings is 1. The molecule has 0 aromatic carbocycles. The molecule has 0 atom stereocenters. The van der Waals surface area contributed by atoms with Crippen LogP contribution in [0.2, 0.25) is 0 Å². The summed E-state index contributed by atoms with van der Waals surface area (Å²) in [5.74, 6) is 0.733. The van der Waals surface area contributed by atoms with Crippen molar-refractivity contribution in [2.24, 2.45) is 0 Å². The highest BCUT2D eigenvalue weighted by atomic mass is 16.2. The lowest BCUT2D eigenvalue weighted by atomic mass is 10.0. The summed E-state index contributed by atoms with van der Waals surface area (Å²) in [6.45, 7) is 2.50. The molecule has 0 spiro atoms. The molecule has 1 amide bonds. The largest absolute Gasteiger partial charge is 0.356 e. The number of nitrogens with one attached hydrogen (secondary N) is 2. The first-order chi connectivity index (χ1) is 8.34. The molecule has 0 saturated carbocycles. The molecular formula is C12H16N4O. The minimum atomic E-state index is 0.0368. The van der Waals surface area contributed by atoms with Crippen molar-refractivity contribution in [3.63, 3.8) is 0 Å². The van der Waals surface area contributed by atoms with Gasteiger partial charge < -0.3 is 15.5 Å². The molecule has 17 heavy (non-hydrogen) atoms. The zero-order chi connectivity index (χ0) is 11.7. The summed E-state index contributed by atoms with van der Waals surface area (Å²) in [7, 11) is 0. The molecular weight excluding hydrogens is 216 g/mol. The van der Waals surface area contributed by atoms with Gasteiger partial charge in [-0.15, -0.1) is 0 Å². The third kappa shape index (κ3) is 1.98. The first kappa shape index (κ1) is 10.5. The zero-order valence-corrected chi connectivity index (χ0v) is 9.65. The van der Waals surface area contributed by atoms with Crippen LogP contribution < -0.4 is 15.5 Å². The molecule has 1 fully saturated rings. The summed E-state index contributed by atoms with van der Waals surface area (Å²) in [5.41, 5.74) is 1.05. The second-order valence-electron chi connectivity index (χ2n) is 4.53. The van der Waals surface area contributed by atoms with E-state index in [1.54, 1.807) is 6.20 Å². The van der Waals surface area contributed by atoms with E-state index in [9.17, 15) is 4.79 Å². The van der Waals surface area contributed by atoms with Crippen LogP contribution in [0.25, 0.3) is 0 Å². The predicted molar refractivity (Wildman–Crippen MR) is 66.1 cm³/mol. The Balaban J connectivity index is 1.91. The maximum Gasteiger partial charge on any atom is 0.245 e. The van der Waals surface area contributed by atoms with Crippen molar-refractivity contribution in [3.8, 4) is 0 Å². The number of hydrogen-bond acceptors (Lipinski definition) is 4. The van der Waals surface area contributed by atoms with Crippen molar-refractivity contribution in [3.05, 3.63) is 18.3 Å². The molecule has 0 bridgehead atoms. The Morgan fingerprint density at radius 2 is 2.18 bits per heavy atom. The van der Waals surface area contributed by atoms with Gasteiger partial charge in [-0.2, -0.15) is 0 Å². The summed E-state index contributed by atoms with van der Waals surface area (Å²) < 4.78 is 0. The Kier molecular flexibility index (Phi) is 2.68. The summed E-state index contributed by atoms with van der Waals surface area (Å²) in [5, 5.41) is 6.17. The summed E-state index contributed by atoms with van der Waals surface area (Å²) in [6.07, 6.45) is 3.88. The maximum absolute atomic E-state index is 11.7. The van der Waals surface area contributed by atoms with Crippen molar-refractivity contribution >= 4 is 17.4 Å². The van der Waals surface area contributed by atoms with Crippen molar-refractivity contribution in [2.75, 3.05) is 29.9 Å². The Hall–Kier alpha value is -1.62. The van der Waals surface area contributed by atoms with Gasteiger partial charge in [0.1, 0.15) is 0 Å². The quantitative estimate of drug-likeness (QED) is 0.744. The number of hydrogen-bond donors (Lipinski definition) is 2. The first-order valence-electron chi connectivity index (χ1n) is 6.07. The van der Waals surface area contributed by atoms with Crippen LogP contribution in [0.3, 0.4) is 0 Å². The molecule has 3 rings (SSSR count). The predicted octanol–water partition coefficient (Wildman–Crippen LogP) is 0.592. The first-order valence-corrected chi connectivity index (χ1v) is 6.07. The summed E-state index contributed by atoms with van der Waals surface area (Å²) in [6, 6.07) is 4.40. The van der Waals surface area contributed by atoms with Gasteiger partial charge in [-0.05, 0) is 38.1 Å². The van der Waals surface area contributed by atoms with E-state index >= 15 is 0 Å². The van der Waals surface area contributed by atoms with E-state index in [0.29, 0.717) is 18.4 Å². The Labute approximate surface area is 100 Å². The number of amides is 1. The smallest absolute Gasteiger partial charge is 0.245 e. The Morgan fingerprint density at radius 3 is 3.00 bits per heavy atom. The second kappa shape index (κ2) is 4.33. The molecule has 1 saturated heterocycles. The van der Waals surface area contributed by atoms with Crippen molar-refractivity contribution in [1.29, 1.82) is 0 Å². The number of aromatic nitrogens is 1. The minimum absolute atomic E-state index is 0.0368. The molecule has 2 aliphatic rings. The van der Waals surface area contributed by atoms with E-state index in [2.05, 4.69) is 20.5 Å². The van der Waals surface area contributed by atoms with Crippen LogP contribution in [0, 0.1) is 0 Å². The molecule has 0 unspecified atom stereocenters. The number of fused-ring (bicyclic) bond motifs is 1. The van der Waals surface area contributed by atoms with Crippen LogP contribution in [0.4, 0.5) is 11.5 Å². The second-order valence-corrected chi connectivity index (χ2v) is 4.53. The average molecular weight is 232 g/mol. The van der Waals surface area contributed by atoms with E-state index in [4.69, 9.17) is 0 Å². The highest BCUT2D eigenvalue weighted by Crippen LogP contribution is 2.30. The summed E-state index contributed by atoms with van der Waals surface area (Å²) in [4.78, 5) is 18.1. The number of anilines is 2. The van der Waals surface area contributed by atoms with Crippen molar-refractivity contribution in [2.45, 2.75) is 18.9 Å². The summed E-state index contributed by atoms with van der Waals surface area (Å²) >= 11 is 0. The van der Waals surface area contributed by atoms with Crippen LogP contribution in [0.1, 0.15) is 12.8 Å².